The summed E-state index contributed by atoms with van der Waals surface area (Å²) >= 11 is 0. The van der Waals surface area contributed by atoms with Crippen LogP contribution in [0.3, 0.4) is 0 Å². The van der Waals surface area contributed by atoms with Crippen LogP contribution in [0, 0.1) is 0 Å². The predicted octanol–water partition coefficient (Wildman–Crippen LogP) is 12.5. The Morgan fingerprint density at radius 1 is 0.576 bits per heavy atom. The second-order valence-corrected chi connectivity index (χ2v) is 19.5. The van der Waals surface area contributed by atoms with E-state index in [0.29, 0.717) is 13.0 Å². The maximum absolute atomic E-state index is 12.9. The number of allylic oxidation sites excluding steroid dienone is 6. The lowest BCUT2D eigenvalue weighted by atomic mass is 9.99. The van der Waals surface area contributed by atoms with Crippen LogP contribution in [0.4, 0.5) is 0 Å². The van der Waals surface area contributed by atoms with Gasteiger partial charge in [0.05, 0.1) is 19.8 Å². The van der Waals surface area contributed by atoms with Crippen LogP contribution < -0.4 is 0 Å². The molecule has 0 spiro atoms. The van der Waals surface area contributed by atoms with Crippen molar-refractivity contribution in [1.29, 1.82) is 0 Å². The molecule has 388 valence electrons. The summed E-state index contributed by atoms with van der Waals surface area (Å²) in [5.74, 6) is -0.406. The zero-order valence-corrected chi connectivity index (χ0v) is 42.6. The summed E-state index contributed by atoms with van der Waals surface area (Å²) in [6.45, 7) is 3.99. The summed E-state index contributed by atoms with van der Waals surface area (Å²) in [7, 11) is -5.07. The van der Waals surface area contributed by atoms with E-state index >= 15 is 0 Å². The Balaban J connectivity index is 2.31. The van der Waals surface area contributed by atoms with Crippen LogP contribution in [0.5, 0.6) is 0 Å². The van der Waals surface area contributed by atoms with E-state index in [4.69, 9.17) is 18.9 Å². The van der Waals surface area contributed by atoms with Crippen LogP contribution >= 0.6 is 0 Å². The van der Waals surface area contributed by atoms with Crippen LogP contribution in [0.15, 0.2) is 36.5 Å². The first kappa shape index (κ1) is 62.3. The van der Waals surface area contributed by atoms with Crippen molar-refractivity contribution in [3.8, 4) is 0 Å². The lowest BCUT2D eigenvalue weighted by molar-refractivity contribution is -0.301. The molecule has 0 aliphatic carbocycles. The normalized spacial score (nSPS) is 19.8. The molecule has 1 heterocycles. The van der Waals surface area contributed by atoms with E-state index in [1.165, 1.54) is 141 Å². The minimum atomic E-state index is -5.07. The lowest BCUT2D eigenvalue weighted by Gasteiger charge is -2.41. The van der Waals surface area contributed by atoms with Crippen molar-refractivity contribution in [3.05, 3.63) is 36.5 Å². The smallest absolute Gasteiger partial charge is 0.397 e. The Labute approximate surface area is 403 Å². The third-order valence-electron chi connectivity index (χ3n) is 12.2. The summed E-state index contributed by atoms with van der Waals surface area (Å²) < 4.78 is 59.3. The average Bonchev–Trinajstić information content (AvgIpc) is 3.29. The predicted molar refractivity (Wildman–Crippen MR) is 267 cm³/mol. The molecule has 0 radical (unpaired) electrons. The molecular weight excluding hydrogens is 861 g/mol. The van der Waals surface area contributed by atoms with Crippen LogP contribution in [0.25, 0.3) is 0 Å². The van der Waals surface area contributed by atoms with Crippen molar-refractivity contribution in [2.24, 2.45) is 0 Å². The molecule has 0 saturated carbocycles. The van der Waals surface area contributed by atoms with Crippen LogP contribution in [-0.4, -0.2) is 97.5 Å². The van der Waals surface area contributed by atoms with Gasteiger partial charge in [-0.1, -0.05) is 192 Å². The maximum atomic E-state index is 12.9. The van der Waals surface area contributed by atoms with Gasteiger partial charge in [0.2, 0.25) is 0 Å². The fraction of sp³-hybridized carbons (Fsp3) is 0.868. The Morgan fingerprint density at radius 3 is 1.45 bits per heavy atom. The number of hydrogen-bond donors (Lipinski definition) is 4. The molecule has 1 aliphatic heterocycles. The van der Waals surface area contributed by atoms with Gasteiger partial charge in [0.15, 0.2) is 6.29 Å². The van der Waals surface area contributed by atoms with Crippen LogP contribution in [-0.2, 0) is 38.3 Å². The molecule has 0 bridgehead atoms. The zero-order chi connectivity index (χ0) is 48.2. The van der Waals surface area contributed by atoms with Crippen molar-refractivity contribution in [2.45, 2.75) is 269 Å². The molecule has 1 rings (SSSR count). The topological polar surface area (TPSA) is 178 Å². The molecule has 0 amide bonds. The standard InChI is InChI=1S/C53H98O12S/c1-3-5-7-9-11-13-15-17-19-20-21-22-23-24-25-26-27-29-31-33-35-37-39-41-43-61-45-47(46-62-53-51(57)52(65-66(58,59)60)50(56)48(44-54)64-53)63-49(55)42-40-38-36-34-32-30-28-18-16-14-12-10-8-6-4-2/h15,17-18,20-21,28,47-48,50-54,56-57H,3-14,16,19,22-27,29-46H2,1-2H3,(H,58,59,60)/b17-15-,21-20-,28-18-. The third kappa shape index (κ3) is 37.2. The molecule has 6 unspecified atom stereocenters. The molecular formula is C53H98O12S. The minimum absolute atomic E-state index is 0.0333. The molecule has 12 nitrogen and oxygen atoms in total. The molecule has 0 aromatic heterocycles. The molecule has 13 heteroatoms. The molecule has 1 fully saturated rings. The van der Waals surface area contributed by atoms with Gasteiger partial charge in [-0.05, 0) is 70.6 Å². The van der Waals surface area contributed by atoms with Crippen LogP contribution in [0.2, 0.25) is 0 Å². The van der Waals surface area contributed by atoms with Crippen molar-refractivity contribution in [3.63, 3.8) is 0 Å². The first-order chi connectivity index (χ1) is 32.1. The Morgan fingerprint density at radius 2 is 1.00 bits per heavy atom. The monoisotopic (exact) mass is 959 g/mol. The van der Waals surface area contributed by atoms with E-state index in [9.17, 15) is 33.1 Å². The summed E-state index contributed by atoms with van der Waals surface area (Å²) in [6.07, 6.45) is 44.6. The fourth-order valence-electron chi connectivity index (χ4n) is 8.17. The van der Waals surface area contributed by atoms with Crippen molar-refractivity contribution in [1.82, 2.24) is 0 Å². The van der Waals surface area contributed by atoms with E-state index < -0.39 is 59.8 Å². The van der Waals surface area contributed by atoms with Gasteiger partial charge in [-0.3, -0.25) is 9.35 Å². The number of unbranched alkanes of at least 4 members (excludes halogenated alkanes) is 28. The number of ether oxygens (including phenoxy) is 4. The first-order valence-corrected chi connectivity index (χ1v) is 28.1. The maximum Gasteiger partial charge on any atom is 0.397 e. The molecule has 6 atom stereocenters. The second-order valence-electron chi connectivity index (χ2n) is 18.5. The van der Waals surface area contributed by atoms with Gasteiger partial charge in [-0.15, -0.1) is 0 Å². The molecule has 0 aromatic carbocycles. The highest BCUT2D eigenvalue weighted by Gasteiger charge is 2.48. The summed E-state index contributed by atoms with van der Waals surface area (Å²) in [6, 6.07) is 0. The van der Waals surface area contributed by atoms with E-state index in [1.54, 1.807) is 0 Å². The highest BCUT2D eigenvalue weighted by molar-refractivity contribution is 7.80. The highest BCUT2D eigenvalue weighted by atomic mass is 32.3. The molecule has 66 heavy (non-hydrogen) atoms. The Hall–Kier alpha value is -1.68. The van der Waals surface area contributed by atoms with Gasteiger partial charge in [0.25, 0.3) is 0 Å². The number of carbonyl (C=O) groups is 1. The van der Waals surface area contributed by atoms with Gasteiger partial charge >= 0.3 is 16.4 Å². The number of rotatable bonds is 47. The molecule has 1 aliphatic rings. The summed E-state index contributed by atoms with van der Waals surface area (Å²) in [4.78, 5) is 12.9. The van der Waals surface area contributed by atoms with Gasteiger partial charge < -0.3 is 34.3 Å². The quantitative estimate of drug-likeness (QED) is 0.0197. The molecule has 1 saturated heterocycles. The lowest BCUT2D eigenvalue weighted by Crippen LogP contribution is -2.60. The summed E-state index contributed by atoms with van der Waals surface area (Å²) in [5, 5.41) is 30.8. The Bertz CT molecular complexity index is 1290. The van der Waals surface area contributed by atoms with Gasteiger partial charge in [-0.25, -0.2) is 4.18 Å². The van der Waals surface area contributed by atoms with Crippen molar-refractivity contribution >= 4 is 16.4 Å². The fourth-order valence-corrected chi connectivity index (χ4v) is 8.68. The van der Waals surface area contributed by atoms with E-state index in [-0.39, 0.29) is 19.6 Å². The number of esters is 1. The van der Waals surface area contributed by atoms with E-state index in [0.717, 1.165) is 64.2 Å². The van der Waals surface area contributed by atoms with Crippen LogP contribution in [0.1, 0.15) is 232 Å². The van der Waals surface area contributed by atoms with Gasteiger partial charge in [0, 0.05) is 13.0 Å². The van der Waals surface area contributed by atoms with Gasteiger partial charge in [0.1, 0.15) is 30.5 Å². The number of hydrogen-bond acceptors (Lipinski definition) is 11. The minimum Gasteiger partial charge on any atom is -0.457 e. The zero-order valence-electron chi connectivity index (χ0n) is 41.8. The van der Waals surface area contributed by atoms with Crippen molar-refractivity contribution < 1.29 is 56.2 Å². The molecule has 4 N–H and O–H groups in total. The highest BCUT2D eigenvalue weighted by Crippen LogP contribution is 2.26. The first-order valence-electron chi connectivity index (χ1n) is 26.7. The van der Waals surface area contributed by atoms with E-state index in [1.807, 2.05) is 0 Å². The molecule has 0 aromatic rings. The van der Waals surface area contributed by atoms with Crippen molar-refractivity contribution in [2.75, 3.05) is 26.4 Å². The second kappa shape index (κ2) is 44.5. The number of carbonyl (C=O) groups excluding carboxylic acids is 1. The number of aliphatic hydroxyl groups excluding tert-OH is 3. The van der Waals surface area contributed by atoms with E-state index in [2.05, 4.69) is 54.5 Å². The summed E-state index contributed by atoms with van der Waals surface area (Å²) in [5.41, 5.74) is 0. The number of aliphatic hydroxyl groups is 3. The largest absolute Gasteiger partial charge is 0.457 e. The Kier molecular flexibility index (Phi) is 42.1. The SMILES string of the molecule is CCCCCCC/C=C\C/C=C\CCCCCCCCCCCCCCOCC(COC1OC(CO)C(O)C(OS(=O)(=O)O)C1O)OC(=O)CCCCCCC/C=C\CCCCCCCC. The average molecular weight is 959 g/mol. The third-order valence-corrected chi connectivity index (χ3v) is 12.7. The van der Waals surface area contributed by atoms with Gasteiger partial charge in [-0.2, -0.15) is 8.42 Å².